The van der Waals surface area contributed by atoms with Gasteiger partial charge in [0.15, 0.2) is 0 Å². The average Bonchev–Trinajstić information content (AvgIpc) is 3.28. The van der Waals surface area contributed by atoms with Gasteiger partial charge in [0.25, 0.3) is 15.9 Å². The Morgan fingerprint density at radius 1 is 1.00 bits per heavy atom. The molecule has 0 saturated carbocycles. The fraction of sp³-hybridized carbons (Fsp3) is 0.120. The summed E-state index contributed by atoms with van der Waals surface area (Å²) in [4.78, 5) is 28.7. The molecule has 1 aliphatic rings. The predicted molar refractivity (Wildman–Crippen MR) is 127 cm³/mol. The van der Waals surface area contributed by atoms with Crippen LogP contribution in [-0.2, 0) is 23.0 Å². The summed E-state index contributed by atoms with van der Waals surface area (Å²) in [5.41, 5.74) is 2.40. The molecule has 0 saturated heterocycles. The minimum Gasteiger partial charge on any atom is -0.360 e. The molecule has 5 rings (SSSR count). The Hall–Kier alpha value is -3.91. The maximum Gasteiger partial charge on any atom is 0.264 e. The first-order valence-corrected chi connectivity index (χ1v) is 12.0. The number of hydrogen-bond acceptors (Lipinski definition) is 4. The molecule has 1 aliphatic heterocycles. The Balaban J connectivity index is 1.48. The van der Waals surface area contributed by atoms with Crippen molar-refractivity contribution in [3.8, 4) is 0 Å². The number of para-hydroxylation sites is 1. The van der Waals surface area contributed by atoms with E-state index in [1.54, 1.807) is 18.2 Å². The molecule has 7 nitrogen and oxygen atoms in total. The van der Waals surface area contributed by atoms with E-state index >= 15 is 0 Å². The first kappa shape index (κ1) is 21.0. The molecule has 4 aromatic rings. The Bertz CT molecular complexity index is 1530. The van der Waals surface area contributed by atoms with Gasteiger partial charge in [0.05, 0.1) is 10.6 Å². The van der Waals surface area contributed by atoms with Gasteiger partial charge in [0, 0.05) is 30.2 Å². The van der Waals surface area contributed by atoms with Gasteiger partial charge < -0.3 is 10.3 Å². The fourth-order valence-corrected chi connectivity index (χ4v) is 5.62. The maximum absolute atomic E-state index is 13.4. The zero-order valence-corrected chi connectivity index (χ0v) is 18.4. The van der Waals surface area contributed by atoms with Crippen molar-refractivity contribution in [2.75, 3.05) is 10.8 Å². The third-order valence-corrected chi connectivity index (χ3v) is 7.63. The SMILES string of the molecule is O=C(NCc1ccccc1)c1c[nH]c2ccc(S(=O)(=O)N3CCc4ccccc43)cc2c1=O. The highest BCUT2D eigenvalue weighted by Crippen LogP contribution is 2.33. The van der Waals surface area contributed by atoms with Crippen LogP contribution in [-0.4, -0.2) is 25.9 Å². The maximum atomic E-state index is 13.4. The molecule has 3 aromatic carbocycles. The lowest BCUT2D eigenvalue weighted by Gasteiger charge is -2.19. The lowest BCUT2D eigenvalue weighted by molar-refractivity contribution is 0.0949. The van der Waals surface area contributed by atoms with E-state index in [2.05, 4.69) is 10.3 Å². The Labute approximate surface area is 190 Å². The highest BCUT2D eigenvalue weighted by atomic mass is 32.2. The molecule has 0 radical (unpaired) electrons. The molecule has 33 heavy (non-hydrogen) atoms. The zero-order valence-electron chi connectivity index (χ0n) is 17.6. The van der Waals surface area contributed by atoms with Crippen LogP contribution in [0.25, 0.3) is 10.9 Å². The van der Waals surface area contributed by atoms with Crippen LogP contribution in [0.1, 0.15) is 21.5 Å². The Morgan fingerprint density at radius 3 is 2.58 bits per heavy atom. The van der Waals surface area contributed by atoms with Crippen molar-refractivity contribution in [3.05, 3.63) is 106 Å². The van der Waals surface area contributed by atoms with Crippen molar-refractivity contribution in [1.82, 2.24) is 10.3 Å². The van der Waals surface area contributed by atoms with Gasteiger partial charge in [0.1, 0.15) is 5.56 Å². The number of rotatable bonds is 5. The molecule has 8 heteroatoms. The molecule has 0 bridgehead atoms. The minimum absolute atomic E-state index is 0.0130. The number of hydrogen-bond donors (Lipinski definition) is 2. The number of anilines is 1. The summed E-state index contributed by atoms with van der Waals surface area (Å²) in [5, 5.41) is 2.88. The number of pyridine rings is 1. The van der Waals surface area contributed by atoms with Crippen LogP contribution in [0.15, 0.2) is 88.7 Å². The Kier molecular flexibility index (Phi) is 5.22. The molecular weight excluding hydrogens is 438 g/mol. The summed E-state index contributed by atoms with van der Waals surface area (Å²) in [6.07, 6.45) is 1.99. The van der Waals surface area contributed by atoms with Crippen molar-refractivity contribution in [2.45, 2.75) is 17.9 Å². The number of aromatic amines is 1. The smallest absolute Gasteiger partial charge is 0.264 e. The van der Waals surface area contributed by atoms with Crippen molar-refractivity contribution >= 4 is 32.5 Å². The van der Waals surface area contributed by atoms with Gasteiger partial charge in [0.2, 0.25) is 5.43 Å². The van der Waals surface area contributed by atoms with E-state index in [1.165, 1.54) is 22.6 Å². The van der Waals surface area contributed by atoms with Crippen LogP contribution in [0.2, 0.25) is 0 Å². The first-order chi connectivity index (χ1) is 15.9. The third kappa shape index (κ3) is 3.78. The normalized spacial score (nSPS) is 13.2. The second-order valence-electron chi connectivity index (χ2n) is 7.86. The van der Waals surface area contributed by atoms with E-state index in [-0.39, 0.29) is 22.4 Å². The van der Waals surface area contributed by atoms with Gasteiger partial charge in [-0.2, -0.15) is 0 Å². The van der Waals surface area contributed by atoms with E-state index in [0.29, 0.717) is 24.2 Å². The summed E-state index contributed by atoms with van der Waals surface area (Å²) in [5.74, 6) is -0.524. The van der Waals surface area contributed by atoms with E-state index in [9.17, 15) is 18.0 Å². The van der Waals surface area contributed by atoms with Gasteiger partial charge in [-0.25, -0.2) is 8.42 Å². The van der Waals surface area contributed by atoms with Crippen LogP contribution in [0, 0.1) is 0 Å². The number of nitrogens with zero attached hydrogens (tertiary/aromatic N) is 1. The number of aromatic nitrogens is 1. The number of carbonyl (C=O) groups is 1. The summed E-state index contributed by atoms with van der Waals surface area (Å²) in [6.45, 7) is 0.623. The molecular formula is C25H21N3O4S. The number of nitrogens with one attached hydrogen (secondary N) is 2. The van der Waals surface area contributed by atoms with Gasteiger partial charge in [-0.1, -0.05) is 48.5 Å². The van der Waals surface area contributed by atoms with Crippen LogP contribution in [0.3, 0.4) is 0 Å². The number of benzene rings is 3. The Morgan fingerprint density at radius 2 is 1.76 bits per heavy atom. The number of sulfonamides is 1. The van der Waals surface area contributed by atoms with Crippen molar-refractivity contribution in [3.63, 3.8) is 0 Å². The van der Waals surface area contributed by atoms with Crippen molar-refractivity contribution in [1.29, 1.82) is 0 Å². The molecule has 0 unspecified atom stereocenters. The summed E-state index contributed by atoms with van der Waals surface area (Å²) < 4.78 is 28.1. The van der Waals surface area contributed by atoms with Crippen LogP contribution >= 0.6 is 0 Å². The highest BCUT2D eigenvalue weighted by Gasteiger charge is 2.31. The van der Waals surface area contributed by atoms with E-state index in [1.807, 2.05) is 42.5 Å². The molecule has 0 spiro atoms. The summed E-state index contributed by atoms with van der Waals surface area (Å²) >= 11 is 0. The van der Waals surface area contributed by atoms with Crippen molar-refractivity contribution in [2.24, 2.45) is 0 Å². The van der Waals surface area contributed by atoms with Gasteiger partial charge >= 0.3 is 0 Å². The monoisotopic (exact) mass is 459 g/mol. The molecule has 0 fully saturated rings. The lowest BCUT2D eigenvalue weighted by atomic mass is 10.1. The highest BCUT2D eigenvalue weighted by molar-refractivity contribution is 7.92. The lowest BCUT2D eigenvalue weighted by Crippen LogP contribution is -2.30. The molecule has 0 atom stereocenters. The van der Waals surface area contributed by atoms with Crippen LogP contribution < -0.4 is 15.1 Å². The van der Waals surface area contributed by atoms with E-state index in [4.69, 9.17) is 0 Å². The van der Waals surface area contributed by atoms with Crippen LogP contribution in [0.4, 0.5) is 5.69 Å². The fourth-order valence-electron chi connectivity index (χ4n) is 4.09. The minimum atomic E-state index is -3.86. The number of H-pyrrole nitrogens is 1. The first-order valence-electron chi connectivity index (χ1n) is 10.5. The molecule has 0 aliphatic carbocycles. The predicted octanol–water partition coefficient (Wildman–Crippen LogP) is 3.21. The van der Waals surface area contributed by atoms with Gasteiger partial charge in [-0.15, -0.1) is 0 Å². The zero-order chi connectivity index (χ0) is 23.0. The second kappa shape index (κ2) is 8.22. The molecule has 2 N–H and O–H groups in total. The average molecular weight is 460 g/mol. The summed E-state index contributed by atoms with van der Waals surface area (Å²) in [7, 11) is -3.86. The van der Waals surface area contributed by atoms with Gasteiger partial charge in [-0.05, 0) is 41.8 Å². The quantitative estimate of drug-likeness (QED) is 0.479. The van der Waals surface area contributed by atoms with Crippen LogP contribution in [0.5, 0.6) is 0 Å². The molecule has 1 amide bonds. The van der Waals surface area contributed by atoms with E-state index < -0.39 is 21.4 Å². The molecule has 2 heterocycles. The molecule has 1 aromatic heterocycles. The second-order valence-corrected chi connectivity index (χ2v) is 9.73. The number of fused-ring (bicyclic) bond motifs is 2. The molecule has 166 valence electrons. The number of carbonyl (C=O) groups excluding carboxylic acids is 1. The third-order valence-electron chi connectivity index (χ3n) is 5.83. The van der Waals surface area contributed by atoms with E-state index in [0.717, 1.165) is 11.1 Å². The van der Waals surface area contributed by atoms with Gasteiger partial charge in [-0.3, -0.25) is 13.9 Å². The standard InChI is InChI=1S/C25H21N3O4S/c29-24-20-14-19(33(31,32)28-13-12-18-8-4-5-9-23(18)28)10-11-22(20)26-16-21(24)25(30)27-15-17-6-2-1-3-7-17/h1-11,14,16H,12-13,15H2,(H,26,29)(H,27,30). The van der Waals surface area contributed by atoms with Crippen molar-refractivity contribution < 1.29 is 13.2 Å². The largest absolute Gasteiger partial charge is 0.360 e. The summed E-state index contributed by atoms with van der Waals surface area (Å²) in [6, 6.07) is 21.1. The topological polar surface area (TPSA) is 99.3 Å². The number of amides is 1.